The van der Waals surface area contributed by atoms with Crippen LogP contribution in [0.2, 0.25) is 0 Å². The van der Waals surface area contributed by atoms with Crippen molar-refractivity contribution in [2.75, 3.05) is 17.5 Å². The first-order valence-corrected chi connectivity index (χ1v) is 7.20. The van der Waals surface area contributed by atoms with Crippen LogP contribution < -0.4 is 10.0 Å². The molecule has 0 radical (unpaired) electrons. The molecule has 0 spiro atoms. The molecular weight excluding hydrogens is 252 g/mol. The van der Waals surface area contributed by atoms with E-state index in [4.69, 9.17) is 0 Å². The minimum Gasteiger partial charge on any atom is -0.349 e. The fourth-order valence-corrected chi connectivity index (χ4v) is 1.96. The first-order valence-electron chi connectivity index (χ1n) is 5.31. The van der Waals surface area contributed by atoms with E-state index in [1.165, 1.54) is 6.07 Å². The number of carbonyl (C=O) groups is 1. The average Bonchev–Trinajstić information content (AvgIpc) is 2.27. The van der Waals surface area contributed by atoms with Gasteiger partial charge in [-0.3, -0.25) is 9.52 Å². The van der Waals surface area contributed by atoms with Gasteiger partial charge in [0.1, 0.15) is 0 Å². The first-order chi connectivity index (χ1) is 8.33. The molecule has 0 bridgehead atoms. The number of hydrogen-bond acceptors (Lipinski definition) is 3. The molecule has 18 heavy (non-hydrogen) atoms. The van der Waals surface area contributed by atoms with Crippen molar-refractivity contribution in [3.8, 4) is 0 Å². The monoisotopic (exact) mass is 268 g/mol. The molecule has 0 unspecified atom stereocenters. The molecule has 0 aliphatic heterocycles. The van der Waals surface area contributed by atoms with Crippen molar-refractivity contribution in [1.82, 2.24) is 5.32 Å². The van der Waals surface area contributed by atoms with Crippen molar-refractivity contribution < 1.29 is 13.2 Å². The van der Waals surface area contributed by atoms with Gasteiger partial charge in [-0.1, -0.05) is 12.1 Å². The Balaban J connectivity index is 3.00. The van der Waals surface area contributed by atoms with Crippen LogP contribution >= 0.6 is 0 Å². The number of rotatable bonds is 5. The highest BCUT2D eigenvalue weighted by Crippen LogP contribution is 2.17. The molecule has 5 nitrogen and oxygen atoms in total. The van der Waals surface area contributed by atoms with Crippen LogP contribution in [0.5, 0.6) is 0 Å². The number of anilines is 1. The van der Waals surface area contributed by atoms with Crippen LogP contribution in [-0.4, -0.2) is 27.1 Å². The third-order valence-electron chi connectivity index (χ3n) is 2.20. The number of amides is 1. The van der Waals surface area contributed by atoms with Crippen molar-refractivity contribution in [2.45, 2.75) is 6.92 Å². The maximum absolute atomic E-state index is 11.7. The summed E-state index contributed by atoms with van der Waals surface area (Å²) in [7, 11) is -3.36. The van der Waals surface area contributed by atoms with Gasteiger partial charge < -0.3 is 5.32 Å². The standard InChI is InChI=1S/C12H16N2O3S/c1-4-7-13-12(15)10-6-5-9(2)11(8-10)14-18(3,16)17/h4-6,8,14H,1,7H2,2-3H3,(H,13,15). The number of carbonyl (C=O) groups excluding carboxylic acids is 1. The summed E-state index contributed by atoms with van der Waals surface area (Å²) in [4.78, 5) is 11.7. The number of aryl methyl sites for hydroxylation is 1. The number of hydrogen-bond donors (Lipinski definition) is 2. The lowest BCUT2D eigenvalue weighted by Gasteiger charge is -2.10. The van der Waals surface area contributed by atoms with Gasteiger partial charge in [-0.25, -0.2) is 8.42 Å². The Hall–Kier alpha value is -1.82. The molecule has 0 atom stereocenters. The van der Waals surface area contributed by atoms with Crippen LogP contribution in [0.25, 0.3) is 0 Å². The predicted octanol–water partition coefficient (Wildman–Crippen LogP) is 1.28. The summed E-state index contributed by atoms with van der Waals surface area (Å²) < 4.78 is 24.7. The molecule has 6 heteroatoms. The van der Waals surface area contributed by atoms with Gasteiger partial charge in [0, 0.05) is 12.1 Å². The van der Waals surface area contributed by atoms with Gasteiger partial charge in [0.25, 0.3) is 5.91 Å². The highest BCUT2D eigenvalue weighted by atomic mass is 32.2. The van der Waals surface area contributed by atoms with E-state index < -0.39 is 10.0 Å². The summed E-state index contributed by atoms with van der Waals surface area (Å²) in [6.45, 7) is 5.63. The van der Waals surface area contributed by atoms with E-state index in [0.29, 0.717) is 17.8 Å². The Morgan fingerprint density at radius 3 is 2.67 bits per heavy atom. The summed E-state index contributed by atoms with van der Waals surface area (Å²) in [6, 6.07) is 4.84. The van der Waals surface area contributed by atoms with Gasteiger partial charge in [0.05, 0.1) is 11.9 Å². The van der Waals surface area contributed by atoms with Crippen molar-refractivity contribution in [3.63, 3.8) is 0 Å². The van der Waals surface area contributed by atoms with Gasteiger partial charge in [0.15, 0.2) is 0 Å². The van der Waals surface area contributed by atoms with Gasteiger partial charge in [0.2, 0.25) is 10.0 Å². The average molecular weight is 268 g/mol. The van der Waals surface area contributed by atoms with Crippen molar-refractivity contribution in [3.05, 3.63) is 42.0 Å². The fourth-order valence-electron chi connectivity index (χ4n) is 1.34. The van der Waals surface area contributed by atoms with Crippen LogP contribution in [0.4, 0.5) is 5.69 Å². The zero-order chi connectivity index (χ0) is 13.8. The second-order valence-corrected chi connectivity index (χ2v) is 5.65. The number of sulfonamides is 1. The van der Waals surface area contributed by atoms with E-state index in [0.717, 1.165) is 11.8 Å². The minimum absolute atomic E-state index is 0.272. The van der Waals surface area contributed by atoms with Crippen LogP contribution in [0, 0.1) is 6.92 Å². The molecule has 0 aliphatic rings. The Bertz CT molecular complexity index is 565. The highest BCUT2D eigenvalue weighted by molar-refractivity contribution is 7.92. The van der Waals surface area contributed by atoms with Crippen LogP contribution in [0.1, 0.15) is 15.9 Å². The molecule has 0 aliphatic carbocycles. The zero-order valence-electron chi connectivity index (χ0n) is 10.4. The smallest absolute Gasteiger partial charge is 0.251 e. The Morgan fingerprint density at radius 2 is 2.11 bits per heavy atom. The Morgan fingerprint density at radius 1 is 1.44 bits per heavy atom. The van der Waals surface area contributed by atoms with E-state index in [9.17, 15) is 13.2 Å². The van der Waals surface area contributed by atoms with Crippen molar-refractivity contribution in [1.29, 1.82) is 0 Å². The molecule has 0 heterocycles. The summed E-state index contributed by atoms with van der Waals surface area (Å²) in [6.07, 6.45) is 2.64. The first kappa shape index (κ1) is 14.2. The van der Waals surface area contributed by atoms with E-state index >= 15 is 0 Å². The summed E-state index contributed by atoms with van der Waals surface area (Å²) in [5, 5.41) is 2.62. The van der Waals surface area contributed by atoms with Crippen molar-refractivity contribution in [2.24, 2.45) is 0 Å². The van der Waals surface area contributed by atoms with Crippen LogP contribution in [-0.2, 0) is 10.0 Å². The molecule has 0 fully saturated rings. The van der Waals surface area contributed by atoms with Crippen molar-refractivity contribution >= 4 is 21.6 Å². The normalized spacial score (nSPS) is 10.8. The molecule has 1 rings (SSSR count). The zero-order valence-corrected chi connectivity index (χ0v) is 11.2. The number of nitrogens with one attached hydrogen (secondary N) is 2. The van der Waals surface area contributed by atoms with Gasteiger partial charge in [-0.15, -0.1) is 6.58 Å². The fraction of sp³-hybridized carbons (Fsp3) is 0.250. The van der Waals surface area contributed by atoms with Gasteiger partial charge in [-0.2, -0.15) is 0 Å². The molecule has 0 saturated carbocycles. The SMILES string of the molecule is C=CCNC(=O)c1ccc(C)c(NS(C)(=O)=O)c1. The molecule has 1 aromatic rings. The topological polar surface area (TPSA) is 75.3 Å². The maximum atomic E-state index is 11.7. The van der Waals surface area contributed by atoms with E-state index in [1.54, 1.807) is 25.1 Å². The van der Waals surface area contributed by atoms with E-state index in [1.807, 2.05) is 0 Å². The summed E-state index contributed by atoms with van der Waals surface area (Å²) >= 11 is 0. The number of benzene rings is 1. The summed E-state index contributed by atoms with van der Waals surface area (Å²) in [5.41, 5.74) is 1.55. The lowest BCUT2D eigenvalue weighted by atomic mass is 10.1. The molecule has 2 N–H and O–H groups in total. The largest absolute Gasteiger partial charge is 0.349 e. The lowest BCUT2D eigenvalue weighted by Crippen LogP contribution is -2.23. The Labute approximate surface area is 107 Å². The maximum Gasteiger partial charge on any atom is 0.251 e. The summed E-state index contributed by atoms with van der Waals surface area (Å²) in [5.74, 6) is -0.272. The third-order valence-corrected chi connectivity index (χ3v) is 2.79. The van der Waals surface area contributed by atoms with Gasteiger partial charge >= 0.3 is 0 Å². The quantitative estimate of drug-likeness (QED) is 0.790. The molecule has 0 aromatic heterocycles. The minimum atomic E-state index is -3.36. The molecule has 1 amide bonds. The van der Waals surface area contributed by atoms with Crippen LogP contribution in [0.15, 0.2) is 30.9 Å². The van der Waals surface area contributed by atoms with E-state index in [2.05, 4.69) is 16.6 Å². The molecule has 98 valence electrons. The third kappa shape index (κ3) is 4.21. The molecule has 0 saturated heterocycles. The van der Waals surface area contributed by atoms with Crippen LogP contribution in [0.3, 0.4) is 0 Å². The second-order valence-electron chi connectivity index (χ2n) is 3.90. The van der Waals surface area contributed by atoms with E-state index in [-0.39, 0.29) is 5.91 Å². The Kier molecular flexibility index (Phi) is 4.49. The second kappa shape index (κ2) is 5.68. The molecule has 1 aromatic carbocycles. The lowest BCUT2D eigenvalue weighted by molar-refractivity contribution is 0.0958. The van der Waals surface area contributed by atoms with Gasteiger partial charge in [-0.05, 0) is 24.6 Å². The highest BCUT2D eigenvalue weighted by Gasteiger charge is 2.09. The molecular formula is C12H16N2O3S. The predicted molar refractivity (Wildman–Crippen MR) is 72.2 cm³/mol.